The van der Waals surface area contributed by atoms with Crippen LogP contribution in [-0.4, -0.2) is 48.7 Å². The molecule has 2 N–H and O–H groups in total. The SMILES string of the molecule is CN(C)c1ccc(N=Nc2cccc[n+]2CCCBr)cc1.CN(C)c1ccc(N=Nc2cccc[n+]2CCC[n+]2ccccc2N=Nc2c(O)ccc3ccccc23)cc1.Oc1ccc2ccccc2c1N=Nc1ccccn1.[Br-].[Br-].[Br-]. The number of rotatable bonds is 17. The van der Waals surface area contributed by atoms with Crippen LogP contribution >= 0.6 is 15.9 Å². The Hall–Kier alpha value is -8.04. The second-order valence-corrected chi connectivity index (χ2v) is 19.1. The molecule has 82 heavy (non-hydrogen) atoms. The van der Waals surface area contributed by atoms with Crippen molar-refractivity contribution in [1.82, 2.24) is 4.98 Å². The standard InChI is InChI=1S/C31H30N7O.C16H20BrN4.C15H11N3O.3BrH/c1-36(2)26-17-15-25(16-18-26)32-33-29-12-5-7-20-37(29)22-9-23-38-21-8-6-13-30(38)34-35-31-27-11-4-3-10-24(27)14-19-28(31)39;1-20(2)15-9-7-14(8-10-15)18-19-16-6-3-4-12-21(16)13-5-11-17;19-13-9-8-11-5-1-2-6-12(11)15(13)18-17-14-7-3-4-10-16-14;;;/h3-8,10-21H,9,22-23H2,1-2H3;3-4,6-10,12H,5,11,13H2,1-2H3;1-10,19H;3*1H/q2*+1;;;;/p-2. The van der Waals surface area contributed by atoms with Crippen LogP contribution in [-0.2, 0) is 19.6 Å². The van der Waals surface area contributed by atoms with Crippen LogP contribution in [0.2, 0.25) is 0 Å². The third kappa shape index (κ3) is 18.8. The molecule has 0 atom stereocenters. The Labute approximate surface area is 518 Å². The first-order chi connectivity index (χ1) is 38.6. The molecule has 10 rings (SSSR count). The largest absolute Gasteiger partial charge is 1.00 e. The molecule has 420 valence electrons. The molecule has 0 aliphatic carbocycles. The van der Waals surface area contributed by atoms with Gasteiger partial charge in [0.05, 0.1) is 53.6 Å². The van der Waals surface area contributed by atoms with Crippen LogP contribution in [0.5, 0.6) is 11.5 Å². The molecular formula is C62H62Br4N14O2. The van der Waals surface area contributed by atoms with E-state index in [1.54, 1.807) is 24.4 Å². The van der Waals surface area contributed by atoms with Crippen molar-refractivity contribution < 1.29 is 74.9 Å². The van der Waals surface area contributed by atoms with Crippen LogP contribution in [0.3, 0.4) is 0 Å². The van der Waals surface area contributed by atoms with Gasteiger partial charge in [-0.15, -0.1) is 10.2 Å². The Kier molecular flexibility index (Phi) is 26.6. The van der Waals surface area contributed by atoms with Crippen molar-refractivity contribution in [3.05, 3.63) is 219 Å². The van der Waals surface area contributed by atoms with Crippen molar-refractivity contribution in [2.75, 3.05) is 43.3 Å². The lowest BCUT2D eigenvalue weighted by Crippen LogP contribution is -3.00. The molecule has 0 saturated carbocycles. The summed E-state index contributed by atoms with van der Waals surface area (Å²) in [5, 5.41) is 59.8. The third-order valence-corrected chi connectivity index (χ3v) is 12.8. The monoisotopic (exact) mass is 1350 g/mol. The number of phenols is 2. The van der Waals surface area contributed by atoms with E-state index in [1.165, 1.54) is 0 Å². The van der Waals surface area contributed by atoms with Crippen LogP contribution in [0.1, 0.15) is 12.8 Å². The van der Waals surface area contributed by atoms with E-state index in [-0.39, 0.29) is 62.4 Å². The predicted molar refractivity (Wildman–Crippen MR) is 317 cm³/mol. The van der Waals surface area contributed by atoms with Crippen molar-refractivity contribution in [3.63, 3.8) is 0 Å². The number of azo groups is 4. The van der Waals surface area contributed by atoms with Gasteiger partial charge in [-0.1, -0.05) is 101 Å². The van der Waals surface area contributed by atoms with E-state index in [1.807, 2.05) is 223 Å². The van der Waals surface area contributed by atoms with E-state index in [0.717, 1.165) is 93.7 Å². The zero-order chi connectivity index (χ0) is 55.2. The number of pyridine rings is 4. The number of nitrogens with zero attached hydrogens (tertiary/aromatic N) is 14. The lowest BCUT2D eigenvalue weighted by molar-refractivity contribution is -0.714. The highest BCUT2D eigenvalue weighted by atomic mass is 79.9. The van der Waals surface area contributed by atoms with Crippen molar-refractivity contribution in [2.24, 2.45) is 40.9 Å². The smallest absolute Gasteiger partial charge is 0.350 e. The molecule has 10 aromatic rings. The highest BCUT2D eigenvalue weighted by Gasteiger charge is 2.15. The van der Waals surface area contributed by atoms with E-state index >= 15 is 0 Å². The number of anilines is 2. The summed E-state index contributed by atoms with van der Waals surface area (Å²) in [6.07, 6.45) is 9.61. The lowest BCUT2D eigenvalue weighted by Gasteiger charge is -2.11. The number of fused-ring (bicyclic) bond motifs is 2. The van der Waals surface area contributed by atoms with Gasteiger partial charge in [-0.3, -0.25) is 0 Å². The molecule has 0 spiro atoms. The average Bonchev–Trinajstić information content (AvgIpc) is 3.53. The van der Waals surface area contributed by atoms with Gasteiger partial charge in [0.15, 0.2) is 11.5 Å². The maximum Gasteiger partial charge on any atom is 0.350 e. The molecule has 0 amide bonds. The van der Waals surface area contributed by atoms with Crippen LogP contribution in [0.15, 0.2) is 260 Å². The second-order valence-electron chi connectivity index (χ2n) is 18.3. The molecule has 0 radical (unpaired) electrons. The van der Waals surface area contributed by atoms with Gasteiger partial charge in [0, 0.05) is 86.5 Å². The van der Waals surface area contributed by atoms with Gasteiger partial charge < -0.3 is 71.0 Å². The van der Waals surface area contributed by atoms with E-state index in [2.05, 4.69) is 85.3 Å². The predicted octanol–water partition coefficient (Wildman–Crippen LogP) is 6.72. The molecule has 16 nitrogen and oxygen atoms in total. The van der Waals surface area contributed by atoms with Crippen LogP contribution in [0.25, 0.3) is 21.5 Å². The van der Waals surface area contributed by atoms with Crippen LogP contribution < -0.4 is 74.4 Å². The summed E-state index contributed by atoms with van der Waals surface area (Å²) in [6.45, 7) is 2.43. The lowest BCUT2D eigenvalue weighted by atomic mass is 10.1. The topological polar surface area (TPSA) is 170 Å². The summed E-state index contributed by atoms with van der Waals surface area (Å²) in [5.41, 5.74) is 4.87. The van der Waals surface area contributed by atoms with Crippen LogP contribution in [0.4, 0.5) is 57.4 Å². The summed E-state index contributed by atoms with van der Waals surface area (Å²) in [7, 11) is 8.07. The van der Waals surface area contributed by atoms with Gasteiger partial charge >= 0.3 is 17.5 Å². The van der Waals surface area contributed by atoms with Crippen molar-refractivity contribution in [1.29, 1.82) is 0 Å². The number of hydrogen-bond acceptors (Lipinski definition) is 13. The maximum absolute atomic E-state index is 10.4. The number of halogens is 4. The Morgan fingerprint density at radius 1 is 0.402 bits per heavy atom. The minimum atomic E-state index is 0. The summed E-state index contributed by atoms with van der Waals surface area (Å²) in [5.74, 6) is 3.10. The number of alkyl halides is 1. The molecule has 4 heterocycles. The zero-order valence-electron chi connectivity index (χ0n) is 45.7. The summed E-state index contributed by atoms with van der Waals surface area (Å²) >= 11 is 3.45. The minimum Gasteiger partial charge on any atom is -1.00 e. The first-order valence-electron chi connectivity index (χ1n) is 25.7. The van der Waals surface area contributed by atoms with Gasteiger partial charge in [-0.2, -0.15) is 0 Å². The molecular weight excluding hydrogens is 1290 g/mol. The average molecular weight is 1350 g/mol. The van der Waals surface area contributed by atoms with E-state index < -0.39 is 0 Å². The van der Waals surface area contributed by atoms with Crippen molar-refractivity contribution in [3.8, 4) is 11.5 Å². The molecule has 4 aromatic heterocycles. The highest BCUT2D eigenvalue weighted by molar-refractivity contribution is 9.09. The van der Waals surface area contributed by atoms with Crippen molar-refractivity contribution in [2.45, 2.75) is 32.5 Å². The molecule has 0 fully saturated rings. The highest BCUT2D eigenvalue weighted by Crippen LogP contribution is 2.37. The van der Waals surface area contributed by atoms with Gasteiger partial charge in [-0.25, -0.2) is 18.7 Å². The number of hydrogen-bond donors (Lipinski definition) is 2. The second kappa shape index (κ2) is 33.6. The molecule has 0 saturated heterocycles. The third-order valence-electron chi connectivity index (χ3n) is 12.3. The summed E-state index contributed by atoms with van der Waals surface area (Å²) in [6, 6.07) is 61.7. The molecule has 20 heteroatoms. The minimum absolute atomic E-state index is 0. The fourth-order valence-corrected chi connectivity index (χ4v) is 8.30. The van der Waals surface area contributed by atoms with Gasteiger partial charge in [0.1, 0.15) is 28.6 Å². The first kappa shape index (κ1) is 64.8. The Balaban J connectivity index is 0.000000243. The van der Waals surface area contributed by atoms with Gasteiger partial charge in [0.2, 0.25) is 0 Å². The normalized spacial score (nSPS) is 10.9. The number of benzene rings is 6. The molecule has 6 aromatic carbocycles. The zero-order valence-corrected chi connectivity index (χ0v) is 52.0. The Bertz CT molecular complexity index is 3700. The molecule has 0 aliphatic heterocycles. The van der Waals surface area contributed by atoms with Gasteiger partial charge in [-0.05, 0) is 124 Å². The number of aromatic hydroxyl groups is 2. The molecule has 0 bridgehead atoms. The molecule has 0 unspecified atom stereocenters. The number of aryl methyl sites for hydroxylation is 3. The number of aromatic nitrogens is 4. The fraction of sp³-hybridized carbons (Fsp3) is 0.161. The summed E-state index contributed by atoms with van der Waals surface area (Å²) in [4.78, 5) is 8.18. The maximum atomic E-state index is 10.4. The van der Waals surface area contributed by atoms with E-state index in [9.17, 15) is 10.2 Å². The Morgan fingerprint density at radius 3 is 1.21 bits per heavy atom. The quantitative estimate of drug-likeness (QED) is 0.0586. The van der Waals surface area contributed by atoms with Crippen molar-refractivity contribution >= 4 is 94.9 Å². The molecule has 0 aliphatic rings. The number of phenolic OH excluding ortho intramolecular Hbond substituents is 2. The fourth-order valence-electron chi connectivity index (χ4n) is 8.05. The Morgan fingerprint density at radius 2 is 0.793 bits per heavy atom. The summed E-state index contributed by atoms with van der Waals surface area (Å²) < 4.78 is 6.26. The van der Waals surface area contributed by atoms with Crippen LogP contribution in [0, 0.1) is 0 Å². The first-order valence-corrected chi connectivity index (χ1v) is 26.8. The van der Waals surface area contributed by atoms with E-state index in [4.69, 9.17) is 0 Å². The van der Waals surface area contributed by atoms with Gasteiger partial charge in [0.25, 0.3) is 0 Å². The van der Waals surface area contributed by atoms with E-state index in [0.29, 0.717) is 23.0 Å².